The van der Waals surface area contributed by atoms with Crippen molar-refractivity contribution in [1.82, 2.24) is 9.97 Å². The van der Waals surface area contributed by atoms with E-state index in [0.717, 1.165) is 110 Å². The number of aldehydes is 1. The summed E-state index contributed by atoms with van der Waals surface area (Å²) in [5, 5.41) is 17.1. The van der Waals surface area contributed by atoms with Gasteiger partial charge in [0.15, 0.2) is 6.29 Å². The molecule has 0 unspecified atom stereocenters. The lowest BCUT2D eigenvalue weighted by Crippen LogP contribution is -2.13. The van der Waals surface area contributed by atoms with Crippen LogP contribution >= 0.6 is 0 Å². The number of aryl methyl sites for hydroxylation is 4. The number of aliphatic carboxylic acids is 1. The molecule has 96 heavy (non-hydrogen) atoms. The number of pyridine rings is 2. The van der Waals surface area contributed by atoms with Gasteiger partial charge in [-0.1, -0.05) is 140 Å². The van der Waals surface area contributed by atoms with Gasteiger partial charge in [0.1, 0.15) is 34.5 Å². The van der Waals surface area contributed by atoms with E-state index in [9.17, 15) is 24.0 Å². The molecule has 2 heterocycles. The van der Waals surface area contributed by atoms with Gasteiger partial charge in [0.25, 0.3) is 0 Å². The number of amides is 1. The first-order chi connectivity index (χ1) is 46.8. The number of para-hydroxylation sites is 8. The van der Waals surface area contributed by atoms with Gasteiger partial charge in [-0.2, -0.15) is 0 Å². The molecule has 0 bridgehead atoms. The number of hydrogen-bond donors (Lipinski definition) is 3. The van der Waals surface area contributed by atoms with Crippen LogP contribution in [0.2, 0.25) is 0 Å². The third kappa shape index (κ3) is 25.9. The Kier molecular flexibility index (Phi) is 33.9. The van der Waals surface area contributed by atoms with E-state index in [0.29, 0.717) is 43.4 Å². The molecule has 0 saturated heterocycles. The summed E-state index contributed by atoms with van der Waals surface area (Å²) in [6, 6.07) is 65.5. The third-order valence-electron chi connectivity index (χ3n) is 14.3. The smallest absolute Gasteiger partial charge is 0.330 e. The molecule has 0 spiro atoms. The van der Waals surface area contributed by atoms with Gasteiger partial charge in [0, 0.05) is 60.6 Å². The highest BCUT2D eigenvalue weighted by Gasteiger charge is 2.11. The molecule has 10 aromatic rings. The zero-order valence-electron chi connectivity index (χ0n) is 55.5. The lowest BCUT2D eigenvalue weighted by atomic mass is 10.1. The van der Waals surface area contributed by atoms with E-state index in [2.05, 4.69) is 66.5 Å². The van der Waals surface area contributed by atoms with Gasteiger partial charge < -0.3 is 53.6 Å². The second-order valence-corrected chi connectivity index (χ2v) is 20.5. The maximum absolute atomic E-state index is 12.2. The van der Waals surface area contributed by atoms with E-state index in [1.54, 1.807) is 73.1 Å². The monoisotopic (exact) mass is 1300 g/mol. The van der Waals surface area contributed by atoms with Crippen LogP contribution < -0.4 is 39.1 Å². The summed E-state index contributed by atoms with van der Waals surface area (Å²) in [5.41, 5.74) is 9.36. The molecule has 0 radical (unpaired) electrons. The van der Waals surface area contributed by atoms with Crippen LogP contribution in [0.3, 0.4) is 0 Å². The molecule has 0 fully saturated rings. The van der Waals surface area contributed by atoms with Gasteiger partial charge in [-0.3, -0.25) is 29.1 Å². The second-order valence-electron chi connectivity index (χ2n) is 20.5. The fraction of sp³-hybridized carbons (Fsp3) is 0.218. The van der Waals surface area contributed by atoms with Gasteiger partial charge in [-0.05, 0) is 127 Å². The highest BCUT2D eigenvalue weighted by molar-refractivity contribution is 6.00. The van der Waals surface area contributed by atoms with Crippen LogP contribution in [0.4, 0.5) is 11.4 Å². The van der Waals surface area contributed by atoms with Gasteiger partial charge in [0.2, 0.25) is 5.91 Å². The summed E-state index contributed by atoms with van der Waals surface area (Å²) in [7, 11) is 12.4. The number of rotatable bonds is 24. The Morgan fingerprint density at radius 2 is 0.812 bits per heavy atom. The molecule has 0 aliphatic heterocycles. The van der Waals surface area contributed by atoms with E-state index in [1.165, 1.54) is 25.9 Å². The number of ether oxygens (including phenoxy) is 8. The van der Waals surface area contributed by atoms with E-state index < -0.39 is 5.97 Å². The number of carbonyl (C=O) groups is 5. The number of hydrogen-bond acceptors (Lipinski definition) is 16. The van der Waals surface area contributed by atoms with Crippen molar-refractivity contribution in [1.29, 1.82) is 0 Å². The van der Waals surface area contributed by atoms with Crippen LogP contribution in [-0.4, -0.2) is 109 Å². The molecule has 2 aromatic heterocycles. The Hall–Kier alpha value is -11.5. The predicted molar refractivity (Wildman–Crippen MR) is 378 cm³/mol. The number of fused-ring (bicyclic) bond motifs is 2. The number of benzene rings is 8. The molecule has 0 aliphatic carbocycles. The molecule has 10 rings (SSSR count). The van der Waals surface area contributed by atoms with Crippen molar-refractivity contribution in [3.05, 3.63) is 258 Å². The first kappa shape index (κ1) is 75.2. The molecule has 3 N–H and O–H groups in total. The number of carboxylic acid groups (broad SMARTS) is 1. The fourth-order valence-corrected chi connectivity index (χ4v) is 9.43. The summed E-state index contributed by atoms with van der Waals surface area (Å²) in [4.78, 5) is 63.5. The molecule has 0 atom stereocenters. The van der Waals surface area contributed by atoms with Gasteiger partial charge in [0.05, 0.1) is 84.9 Å². The second kappa shape index (κ2) is 43.3. The number of carbonyl (C=O) groups excluding carboxylic acids is 4. The number of carboxylic acids is 1. The Bertz CT molecular complexity index is 4030. The molecule has 0 saturated carbocycles. The summed E-state index contributed by atoms with van der Waals surface area (Å²) in [6.45, 7) is 0.910. The van der Waals surface area contributed by atoms with E-state index in [1.807, 2.05) is 158 Å². The summed E-state index contributed by atoms with van der Waals surface area (Å²) in [6.07, 6.45) is 12.1. The SMILES string of the molecule is COC(=O)/C=C/c1ccccc1OC.COC(=O)CCc1ccccc1OC.COc1ccccc1C=O.COc1ccccc1CCC(=O)Nc1cccc2cccnc12.COc1ccccc1CCC(=O)O.COc1ccccc1CCCNc1cccc2cccnc12. The first-order valence-corrected chi connectivity index (χ1v) is 30.8. The average Bonchev–Trinajstić information content (AvgIpc) is 1.08. The molecular formula is C78H84N4O14. The number of methoxy groups -OCH3 is 8. The Morgan fingerprint density at radius 3 is 1.26 bits per heavy atom. The first-order valence-electron chi connectivity index (χ1n) is 30.8. The predicted octanol–water partition coefficient (Wildman–Crippen LogP) is 15.0. The quantitative estimate of drug-likeness (QED) is 0.0221. The van der Waals surface area contributed by atoms with Crippen LogP contribution in [0, 0.1) is 0 Å². The summed E-state index contributed by atoms with van der Waals surface area (Å²) < 4.78 is 40.0. The topological polar surface area (TPSA) is 229 Å². The molecule has 500 valence electrons. The lowest BCUT2D eigenvalue weighted by Gasteiger charge is -2.10. The highest BCUT2D eigenvalue weighted by Crippen LogP contribution is 2.26. The van der Waals surface area contributed by atoms with E-state index >= 15 is 0 Å². The third-order valence-corrected chi connectivity index (χ3v) is 14.3. The van der Waals surface area contributed by atoms with Crippen LogP contribution in [0.1, 0.15) is 63.9 Å². The Morgan fingerprint density at radius 1 is 0.417 bits per heavy atom. The normalized spacial score (nSPS) is 10.0. The lowest BCUT2D eigenvalue weighted by molar-refractivity contribution is -0.140. The largest absolute Gasteiger partial charge is 0.496 e. The van der Waals surface area contributed by atoms with Crippen molar-refractivity contribution in [2.45, 2.75) is 51.4 Å². The number of nitrogens with zero attached hydrogens (tertiary/aromatic N) is 2. The van der Waals surface area contributed by atoms with Crippen LogP contribution in [-0.2, 0) is 54.3 Å². The molecule has 18 heteroatoms. The van der Waals surface area contributed by atoms with Gasteiger partial charge in [-0.15, -0.1) is 0 Å². The van der Waals surface area contributed by atoms with Crippen LogP contribution in [0.25, 0.3) is 27.9 Å². The van der Waals surface area contributed by atoms with Crippen molar-refractivity contribution in [3.8, 4) is 34.5 Å². The maximum atomic E-state index is 12.2. The molecule has 0 aliphatic rings. The van der Waals surface area contributed by atoms with Crippen molar-refractivity contribution in [2.75, 3.05) is 74.1 Å². The summed E-state index contributed by atoms with van der Waals surface area (Å²) >= 11 is 0. The van der Waals surface area contributed by atoms with Crippen molar-refractivity contribution >= 4 is 69.4 Å². The van der Waals surface area contributed by atoms with Crippen molar-refractivity contribution < 1.29 is 67.0 Å². The standard InChI is InChI=1S/C19H18N2O2.C19H20N2O.C11H14O3.C11H12O3.C10H12O3.C8H8O2/c1-23-17-10-3-2-6-14(17)11-12-18(22)21-16-9-4-7-15-8-5-13-20-19(15)16;1-22-18-12-3-2-7-15(18)9-5-13-20-17-11-4-8-16-10-6-14-21-19(16)17;2*1-13-10-6-4-3-5-9(10)7-8-11(12)14-2;1-13-9-5-3-2-4-8(9)6-7-10(11)12;1-10-8-5-3-2-4-7(8)6-9/h2-10,13H,11-12H2,1H3,(H,21,22);2-4,6-8,10-12,14,20H,5,9,13H2,1H3;3-6H,7-8H2,1-2H3;3-8H,1-2H3;2-5H,6-7H2,1H3,(H,11,12);2-6H,1H3/b;;;8-7+;;. The zero-order valence-corrected chi connectivity index (χ0v) is 55.5. The fourth-order valence-electron chi connectivity index (χ4n) is 9.43. The molecule has 8 aromatic carbocycles. The van der Waals surface area contributed by atoms with Crippen molar-refractivity contribution in [3.63, 3.8) is 0 Å². The highest BCUT2D eigenvalue weighted by atomic mass is 16.5. The van der Waals surface area contributed by atoms with Crippen LogP contribution in [0.5, 0.6) is 34.5 Å². The number of nitrogens with one attached hydrogen (secondary N) is 2. The Labute approximate surface area is 561 Å². The van der Waals surface area contributed by atoms with E-state index in [4.69, 9.17) is 33.5 Å². The minimum Gasteiger partial charge on any atom is -0.496 e. The number of aromatic nitrogens is 2. The van der Waals surface area contributed by atoms with E-state index in [-0.39, 0.29) is 24.3 Å². The molecular weight excluding hydrogens is 1220 g/mol. The average molecular weight is 1300 g/mol. The number of esters is 2. The maximum Gasteiger partial charge on any atom is 0.330 e. The van der Waals surface area contributed by atoms with Crippen molar-refractivity contribution in [2.24, 2.45) is 0 Å². The van der Waals surface area contributed by atoms with Gasteiger partial charge >= 0.3 is 17.9 Å². The minimum atomic E-state index is -0.786. The molecule has 18 nitrogen and oxygen atoms in total. The van der Waals surface area contributed by atoms with Gasteiger partial charge in [-0.25, -0.2) is 4.79 Å². The number of anilines is 2. The Balaban J connectivity index is 0.000000214. The summed E-state index contributed by atoms with van der Waals surface area (Å²) in [5.74, 6) is 3.30. The minimum absolute atomic E-state index is 0.0333. The molecule has 1 amide bonds. The van der Waals surface area contributed by atoms with Crippen LogP contribution in [0.15, 0.2) is 225 Å². The zero-order chi connectivity index (χ0) is 69.1.